The molecule has 0 bridgehead atoms. The van der Waals surface area contributed by atoms with Gasteiger partial charge in [-0.25, -0.2) is 0 Å². The van der Waals surface area contributed by atoms with E-state index >= 15 is 0 Å². The number of nitrogens with zero attached hydrogens (tertiary/aromatic N) is 1. The van der Waals surface area contributed by atoms with Crippen LogP contribution >= 0.6 is 0 Å². The van der Waals surface area contributed by atoms with Crippen molar-refractivity contribution in [2.24, 2.45) is 0 Å². The van der Waals surface area contributed by atoms with Gasteiger partial charge in [0.1, 0.15) is 12.4 Å². The highest BCUT2D eigenvalue weighted by Crippen LogP contribution is 2.35. The molecule has 0 saturated heterocycles. The van der Waals surface area contributed by atoms with Crippen molar-refractivity contribution in [3.63, 3.8) is 0 Å². The Bertz CT molecular complexity index is 970. The van der Waals surface area contributed by atoms with E-state index in [2.05, 4.69) is 79.3 Å². The molecule has 3 aromatic rings. The molecule has 1 aliphatic rings. The second-order valence-corrected chi connectivity index (χ2v) is 8.10. The Kier molecular flexibility index (Phi) is 5.93. The van der Waals surface area contributed by atoms with Gasteiger partial charge in [-0.15, -0.1) is 0 Å². The predicted molar refractivity (Wildman–Crippen MR) is 121 cm³/mol. The predicted octanol–water partition coefficient (Wildman–Crippen LogP) is 4.74. The Morgan fingerprint density at radius 2 is 1.83 bits per heavy atom. The first-order valence-corrected chi connectivity index (χ1v) is 10.9. The summed E-state index contributed by atoms with van der Waals surface area (Å²) < 4.78 is 5.96. The highest BCUT2D eigenvalue weighted by Gasteiger charge is 2.26. The third-order valence-corrected chi connectivity index (χ3v) is 6.17. The zero-order chi connectivity index (χ0) is 20.4. The van der Waals surface area contributed by atoms with Crippen LogP contribution in [0, 0.1) is 13.8 Å². The molecule has 2 heterocycles. The number of aryl methyl sites for hydroxylation is 2. The molecular formula is C25H33N3O. The van der Waals surface area contributed by atoms with Gasteiger partial charge in [0.2, 0.25) is 0 Å². The molecule has 4 rings (SSSR count). The Labute approximate surface area is 174 Å². The van der Waals surface area contributed by atoms with E-state index in [-0.39, 0.29) is 6.04 Å². The zero-order valence-electron chi connectivity index (χ0n) is 18.1. The van der Waals surface area contributed by atoms with Gasteiger partial charge >= 0.3 is 0 Å². The maximum Gasteiger partial charge on any atom is 0.119 e. The van der Waals surface area contributed by atoms with E-state index in [9.17, 15) is 0 Å². The molecule has 1 atom stereocenters. The van der Waals surface area contributed by atoms with Gasteiger partial charge in [0, 0.05) is 29.7 Å². The van der Waals surface area contributed by atoms with Crippen molar-refractivity contribution < 1.29 is 4.74 Å². The standard InChI is InChI=1S/C25H33N3O/c1-5-28(6-2)13-14-29-20-9-7-19(8-10-20)24-25-21(11-12-26-24)23-18(4)15-17(3)16-22(23)27-25/h7-10,15-16,24,26-27H,5-6,11-14H2,1-4H3. The topological polar surface area (TPSA) is 40.3 Å². The number of nitrogens with one attached hydrogen (secondary N) is 2. The quantitative estimate of drug-likeness (QED) is 0.611. The van der Waals surface area contributed by atoms with Crippen molar-refractivity contribution in [1.29, 1.82) is 0 Å². The molecule has 2 N–H and O–H groups in total. The third kappa shape index (κ3) is 4.05. The van der Waals surface area contributed by atoms with Gasteiger partial charge in [0.15, 0.2) is 0 Å². The van der Waals surface area contributed by atoms with Crippen LogP contribution in [-0.2, 0) is 6.42 Å². The number of rotatable bonds is 7. The van der Waals surface area contributed by atoms with E-state index in [1.165, 1.54) is 38.9 Å². The van der Waals surface area contributed by atoms with Crippen molar-refractivity contribution in [3.05, 3.63) is 64.3 Å². The number of H-pyrrole nitrogens is 1. The number of aromatic nitrogens is 1. The normalized spacial score (nSPS) is 16.4. The fourth-order valence-corrected chi connectivity index (χ4v) is 4.65. The first-order valence-electron chi connectivity index (χ1n) is 10.9. The largest absolute Gasteiger partial charge is 0.492 e. The Morgan fingerprint density at radius 1 is 1.07 bits per heavy atom. The maximum absolute atomic E-state index is 5.96. The number of aromatic amines is 1. The van der Waals surface area contributed by atoms with E-state index in [1.54, 1.807) is 0 Å². The van der Waals surface area contributed by atoms with Crippen LogP contribution in [0.5, 0.6) is 5.75 Å². The minimum absolute atomic E-state index is 0.204. The summed E-state index contributed by atoms with van der Waals surface area (Å²) in [7, 11) is 0. The summed E-state index contributed by atoms with van der Waals surface area (Å²) in [5.74, 6) is 0.944. The smallest absolute Gasteiger partial charge is 0.119 e. The van der Waals surface area contributed by atoms with Crippen molar-refractivity contribution >= 4 is 10.9 Å². The van der Waals surface area contributed by atoms with Gasteiger partial charge in [-0.05, 0) is 73.8 Å². The second kappa shape index (κ2) is 8.60. The van der Waals surface area contributed by atoms with Crippen LogP contribution < -0.4 is 10.1 Å². The lowest BCUT2D eigenvalue weighted by Crippen LogP contribution is -2.30. The molecular weight excluding hydrogens is 358 g/mol. The van der Waals surface area contributed by atoms with Crippen LogP contribution in [0.1, 0.15) is 47.8 Å². The fraction of sp³-hybridized carbons (Fsp3) is 0.440. The molecule has 29 heavy (non-hydrogen) atoms. The molecule has 1 aliphatic heterocycles. The third-order valence-electron chi connectivity index (χ3n) is 6.17. The number of fused-ring (bicyclic) bond motifs is 3. The van der Waals surface area contributed by atoms with Crippen LogP contribution in [0.25, 0.3) is 10.9 Å². The molecule has 0 fully saturated rings. The lowest BCUT2D eigenvalue weighted by atomic mass is 9.93. The van der Waals surface area contributed by atoms with E-state index in [0.29, 0.717) is 0 Å². The van der Waals surface area contributed by atoms with Gasteiger partial charge in [-0.2, -0.15) is 0 Å². The minimum Gasteiger partial charge on any atom is -0.492 e. The highest BCUT2D eigenvalue weighted by atomic mass is 16.5. The molecule has 4 heteroatoms. The van der Waals surface area contributed by atoms with Gasteiger partial charge in [0.05, 0.1) is 6.04 Å². The molecule has 2 aromatic carbocycles. The molecule has 0 amide bonds. The van der Waals surface area contributed by atoms with E-state index in [1.807, 2.05) is 0 Å². The van der Waals surface area contributed by atoms with Crippen LogP contribution in [0.4, 0.5) is 0 Å². The molecule has 0 spiro atoms. The number of hydrogen-bond donors (Lipinski definition) is 2. The van der Waals surface area contributed by atoms with E-state index in [0.717, 1.165) is 45.0 Å². The highest BCUT2D eigenvalue weighted by molar-refractivity contribution is 5.89. The van der Waals surface area contributed by atoms with Crippen molar-refractivity contribution in [3.8, 4) is 5.75 Å². The summed E-state index contributed by atoms with van der Waals surface area (Å²) in [6.45, 7) is 13.6. The molecule has 0 aliphatic carbocycles. The number of benzene rings is 2. The SMILES string of the molecule is CCN(CC)CCOc1ccc(C2NCCc3c2[nH]c2cc(C)cc(C)c32)cc1. The summed E-state index contributed by atoms with van der Waals surface area (Å²) in [6.07, 6.45) is 1.07. The van der Waals surface area contributed by atoms with Crippen LogP contribution in [-0.4, -0.2) is 42.7 Å². The van der Waals surface area contributed by atoms with Crippen LogP contribution in [0.3, 0.4) is 0 Å². The van der Waals surface area contributed by atoms with Gasteiger partial charge in [-0.1, -0.05) is 32.0 Å². The monoisotopic (exact) mass is 391 g/mol. The summed E-state index contributed by atoms with van der Waals surface area (Å²) >= 11 is 0. The molecule has 1 unspecified atom stereocenters. The molecule has 0 radical (unpaired) electrons. The zero-order valence-corrected chi connectivity index (χ0v) is 18.1. The van der Waals surface area contributed by atoms with Crippen molar-refractivity contribution in [1.82, 2.24) is 15.2 Å². The van der Waals surface area contributed by atoms with E-state index in [4.69, 9.17) is 4.74 Å². The van der Waals surface area contributed by atoms with Crippen LogP contribution in [0.2, 0.25) is 0 Å². The van der Waals surface area contributed by atoms with E-state index < -0.39 is 0 Å². The maximum atomic E-state index is 5.96. The molecule has 154 valence electrons. The first-order chi connectivity index (χ1) is 14.1. The summed E-state index contributed by atoms with van der Waals surface area (Å²) in [6, 6.07) is 13.4. The summed E-state index contributed by atoms with van der Waals surface area (Å²) in [5, 5.41) is 5.11. The summed E-state index contributed by atoms with van der Waals surface area (Å²) in [5.41, 5.74) is 8.01. The summed E-state index contributed by atoms with van der Waals surface area (Å²) in [4.78, 5) is 6.10. The van der Waals surface area contributed by atoms with Gasteiger partial charge in [0.25, 0.3) is 0 Å². The Morgan fingerprint density at radius 3 is 2.55 bits per heavy atom. The number of hydrogen-bond acceptors (Lipinski definition) is 3. The minimum atomic E-state index is 0.204. The van der Waals surface area contributed by atoms with Crippen molar-refractivity contribution in [2.45, 2.75) is 40.2 Å². The lowest BCUT2D eigenvalue weighted by molar-refractivity contribution is 0.223. The average molecular weight is 392 g/mol. The second-order valence-electron chi connectivity index (χ2n) is 8.10. The van der Waals surface area contributed by atoms with Gasteiger partial charge < -0.3 is 19.9 Å². The fourth-order valence-electron chi connectivity index (χ4n) is 4.65. The first kappa shape index (κ1) is 20.0. The average Bonchev–Trinajstić information content (AvgIpc) is 3.10. The molecule has 1 aromatic heterocycles. The number of ether oxygens (including phenoxy) is 1. The van der Waals surface area contributed by atoms with Crippen LogP contribution in [0.15, 0.2) is 36.4 Å². The number of likely N-dealkylation sites (N-methyl/N-ethyl adjacent to an activating group) is 1. The lowest BCUT2D eigenvalue weighted by Gasteiger charge is -2.25. The Balaban J connectivity index is 1.54. The Hall–Kier alpha value is -2.30. The molecule has 4 nitrogen and oxygen atoms in total. The van der Waals surface area contributed by atoms with Gasteiger partial charge in [-0.3, -0.25) is 0 Å². The van der Waals surface area contributed by atoms with Crippen molar-refractivity contribution in [2.75, 3.05) is 32.8 Å². The molecule has 0 saturated carbocycles.